The Kier molecular flexibility index (Phi) is 6.53. The van der Waals surface area contributed by atoms with Crippen LogP contribution in [-0.4, -0.2) is 49.6 Å². The average molecular weight is 390 g/mol. The number of halogens is 1. The Bertz CT molecular complexity index is 798. The lowest BCUT2D eigenvalue weighted by atomic mass is 9.96. The molecule has 1 aromatic carbocycles. The van der Waals surface area contributed by atoms with Crippen LogP contribution in [0.2, 0.25) is 5.02 Å². The van der Waals surface area contributed by atoms with Crippen molar-refractivity contribution in [2.45, 2.75) is 13.0 Å². The maximum Gasteiger partial charge on any atom is 0.227 e. The van der Waals surface area contributed by atoms with Crippen LogP contribution in [0.15, 0.2) is 36.5 Å². The quantitative estimate of drug-likeness (QED) is 0.788. The molecule has 2 aromatic rings. The van der Waals surface area contributed by atoms with Crippen molar-refractivity contribution in [3.05, 3.63) is 52.7 Å². The topological polar surface area (TPSA) is 63.7 Å². The summed E-state index contributed by atoms with van der Waals surface area (Å²) in [4.78, 5) is 18.8. The van der Waals surface area contributed by atoms with Crippen LogP contribution >= 0.6 is 11.6 Å². The van der Waals surface area contributed by atoms with Crippen LogP contribution in [0.25, 0.3) is 0 Å². The summed E-state index contributed by atoms with van der Waals surface area (Å²) in [5, 5.41) is 3.62. The summed E-state index contributed by atoms with van der Waals surface area (Å²) in [5.41, 5.74) is 1.91. The van der Waals surface area contributed by atoms with E-state index in [0.717, 1.165) is 23.4 Å². The molecule has 7 heteroatoms. The predicted octanol–water partition coefficient (Wildman–Crippen LogP) is 2.54. The summed E-state index contributed by atoms with van der Waals surface area (Å²) >= 11 is 6.04. The first-order chi connectivity index (χ1) is 13.0. The summed E-state index contributed by atoms with van der Waals surface area (Å²) in [5.74, 6) is 1.10. The molecule has 144 valence electrons. The second kappa shape index (κ2) is 9.06. The van der Waals surface area contributed by atoms with Gasteiger partial charge >= 0.3 is 0 Å². The van der Waals surface area contributed by atoms with Crippen LogP contribution in [0.5, 0.6) is 11.6 Å². The summed E-state index contributed by atoms with van der Waals surface area (Å²) in [6.45, 7) is 2.17. The molecule has 1 aliphatic heterocycles. The molecule has 0 radical (unpaired) electrons. The van der Waals surface area contributed by atoms with Crippen molar-refractivity contribution in [2.24, 2.45) is 5.92 Å². The molecule has 1 N–H and O–H groups in total. The fourth-order valence-electron chi connectivity index (χ4n) is 2.84. The predicted molar refractivity (Wildman–Crippen MR) is 104 cm³/mol. The molecule has 27 heavy (non-hydrogen) atoms. The van der Waals surface area contributed by atoms with E-state index in [1.165, 1.54) is 0 Å². The Morgan fingerprint density at radius 1 is 1.37 bits per heavy atom. The molecular weight excluding hydrogens is 366 g/mol. The van der Waals surface area contributed by atoms with Crippen molar-refractivity contribution < 1.29 is 14.3 Å². The van der Waals surface area contributed by atoms with Gasteiger partial charge in [-0.2, -0.15) is 0 Å². The third-order valence-electron chi connectivity index (χ3n) is 4.35. The Morgan fingerprint density at radius 2 is 2.22 bits per heavy atom. The van der Waals surface area contributed by atoms with Gasteiger partial charge in [0.1, 0.15) is 19.0 Å². The number of carbonyl (C=O) groups excluding carboxylic acids is 1. The van der Waals surface area contributed by atoms with Crippen LogP contribution in [0.4, 0.5) is 0 Å². The number of nitrogens with zero attached hydrogens (tertiary/aromatic N) is 2. The first kappa shape index (κ1) is 19.5. The fraction of sp³-hybridized carbons (Fsp3) is 0.400. The number of benzene rings is 1. The molecule has 1 aliphatic rings. The Hall–Kier alpha value is -2.31. The summed E-state index contributed by atoms with van der Waals surface area (Å²) in [7, 11) is 3.98. The molecule has 0 spiro atoms. The van der Waals surface area contributed by atoms with Crippen LogP contribution in [0.3, 0.4) is 0 Å². The zero-order valence-corrected chi connectivity index (χ0v) is 16.3. The Morgan fingerprint density at radius 3 is 3.04 bits per heavy atom. The molecule has 1 amide bonds. The number of amides is 1. The van der Waals surface area contributed by atoms with E-state index in [4.69, 9.17) is 21.1 Å². The van der Waals surface area contributed by atoms with Gasteiger partial charge < -0.3 is 19.7 Å². The number of nitrogens with one attached hydrogen (secondary N) is 1. The second-order valence-electron chi connectivity index (χ2n) is 6.84. The first-order valence-electron chi connectivity index (χ1n) is 8.92. The van der Waals surface area contributed by atoms with Crippen molar-refractivity contribution >= 4 is 17.5 Å². The van der Waals surface area contributed by atoms with Crippen molar-refractivity contribution in [1.82, 2.24) is 15.2 Å². The van der Waals surface area contributed by atoms with Crippen LogP contribution in [0, 0.1) is 5.92 Å². The third kappa shape index (κ3) is 5.58. The molecular formula is C20H24ClN3O3. The molecule has 0 aliphatic carbocycles. The lowest BCUT2D eigenvalue weighted by Crippen LogP contribution is -2.37. The number of aromatic nitrogens is 1. The summed E-state index contributed by atoms with van der Waals surface area (Å²) in [6, 6.07) is 9.22. The van der Waals surface area contributed by atoms with E-state index in [1.807, 2.05) is 43.3 Å². The van der Waals surface area contributed by atoms with E-state index in [2.05, 4.69) is 10.3 Å². The van der Waals surface area contributed by atoms with E-state index in [0.29, 0.717) is 37.1 Å². The summed E-state index contributed by atoms with van der Waals surface area (Å²) < 4.78 is 11.3. The van der Waals surface area contributed by atoms with E-state index in [1.54, 1.807) is 12.3 Å². The molecule has 1 aromatic heterocycles. The van der Waals surface area contributed by atoms with Gasteiger partial charge in [-0.05, 0) is 55.9 Å². The highest BCUT2D eigenvalue weighted by molar-refractivity contribution is 6.30. The monoisotopic (exact) mass is 389 g/mol. The molecule has 3 rings (SSSR count). The smallest absolute Gasteiger partial charge is 0.227 e. The van der Waals surface area contributed by atoms with Gasteiger partial charge in [-0.3, -0.25) is 4.79 Å². The van der Waals surface area contributed by atoms with E-state index < -0.39 is 0 Å². The number of fused-ring (bicyclic) bond motifs is 1. The molecule has 2 heterocycles. The van der Waals surface area contributed by atoms with E-state index in [-0.39, 0.29) is 11.8 Å². The number of rotatable bonds is 7. The van der Waals surface area contributed by atoms with Gasteiger partial charge in [0.25, 0.3) is 0 Å². The SMILES string of the molecule is CN(C)CCOc1cc(CNC(=O)C2COc3ccc(Cl)cc3C2)ccn1. The van der Waals surface area contributed by atoms with Crippen molar-refractivity contribution in [3.63, 3.8) is 0 Å². The fourth-order valence-corrected chi connectivity index (χ4v) is 3.03. The van der Waals surface area contributed by atoms with Gasteiger partial charge in [-0.15, -0.1) is 0 Å². The number of carbonyl (C=O) groups is 1. The minimum Gasteiger partial charge on any atom is -0.492 e. The van der Waals surface area contributed by atoms with Gasteiger partial charge in [-0.1, -0.05) is 11.6 Å². The highest BCUT2D eigenvalue weighted by Crippen LogP contribution is 2.29. The molecule has 6 nitrogen and oxygen atoms in total. The van der Waals surface area contributed by atoms with Crippen molar-refractivity contribution in [2.75, 3.05) is 33.9 Å². The molecule has 0 saturated heterocycles. The maximum absolute atomic E-state index is 12.5. The zero-order chi connectivity index (χ0) is 19.2. The Balaban J connectivity index is 1.52. The Labute approximate surface area is 164 Å². The lowest BCUT2D eigenvalue weighted by molar-refractivity contribution is -0.126. The van der Waals surface area contributed by atoms with E-state index in [9.17, 15) is 4.79 Å². The van der Waals surface area contributed by atoms with Gasteiger partial charge in [-0.25, -0.2) is 4.98 Å². The highest BCUT2D eigenvalue weighted by Gasteiger charge is 2.26. The minimum atomic E-state index is -0.228. The largest absolute Gasteiger partial charge is 0.492 e. The highest BCUT2D eigenvalue weighted by atomic mass is 35.5. The van der Waals surface area contributed by atoms with Gasteiger partial charge in [0.15, 0.2) is 0 Å². The van der Waals surface area contributed by atoms with Crippen LogP contribution in [-0.2, 0) is 17.8 Å². The molecule has 0 saturated carbocycles. The number of likely N-dealkylation sites (N-methyl/N-ethyl adjacent to an activating group) is 1. The summed E-state index contributed by atoms with van der Waals surface area (Å²) in [6.07, 6.45) is 2.31. The number of hydrogen-bond acceptors (Lipinski definition) is 5. The minimum absolute atomic E-state index is 0.0347. The zero-order valence-electron chi connectivity index (χ0n) is 15.6. The molecule has 0 fully saturated rings. The number of hydrogen-bond donors (Lipinski definition) is 1. The number of pyridine rings is 1. The third-order valence-corrected chi connectivity index (χ3v) is 4.59. The van der Waals surface area contributed by atoms with Crippen molar-refractivity contribution in [3.8, 4) is 11.6 Å². The maximum atomic E-state index is 12.5. The second-order valence-corrected chi connectivity index (χ2v) is 7.27. The van der Waals surface area contributed by atoms with Crippen LogP contribution in [0.1, 0.15) is 11.1 Å². The normalized spacial score (nSPS) is 15.8. The molecule has 0 bridgehead atoms. The lowest BCUT2D eigenvalue weighted by Gasteiger charge is -2.24. The average Bonchev–Trinajstić information content (AvgIpc) is 2.65. The molecule has 1 unspecified atom stereocenters. The van der Waals surface area contributed by atoms with Crippen molar-refractivity contribution in [1.29, 1.82) is 0 Å². The molecule has 1 atom stereocenters. The van der Waals surface area contributed by atoms with Gasteiger partial charge in [0.2, 0.25) is 11.8 Å². The van der Waals surface area contributed by atoms with Gasteiger partial charge in [0, 0.05) is 30.4 Å². The standard InChI is InChI=1S/C20H24ClN3O3/c1-24(2)7-8-26-19-9-14(5-6-22-19)12-23-20(25)16-10-15-11-17(21)3-4-18(15)27-13-16/h3-6,9,11,16H,7-8,10,12-13H2,1-2H3,(H,23,25). The van der Waals surface area contributed by atoms with E-state index >= 15 is 0 Å². The number of ether oxygens (including phenoxy) is 2. The first-order valence-corrected chi connectivity index (χ1v) is 9.30. The van der Waals surface area contributed by atoms with Crippen LogP contribution < -0.4 is 14.8 Å². The van der Waals surface area contributed by atoms with Gasteiger partial charge in [0.05, 0.1) is 5.92 Å².